The summed E-state index contributed by atoms with van der Waals surface area (Å²) in [5, 5.41) is 14.0. The van der Waals surface area contributed by atoms with E-state index in [-0.39, 0.29) is 16.7 Å². The van der Waals surface area contributed by atoms with E-state index in [0.717, 1.165) is 42.2 Å². The van der Waals surface area contributed by atoms with Crippen molar-refractivity contribution in [2.75, 3.05) is 4.90 Å². The van der Waals surface area contributed by atoms with Crippen molar-refractivity contribution < 1.29 is 34.8 Å². The van der Waals surface area contributed by atoms with Crippen molar-refractivity contribution in [2.45, 2.75) is 24.2 Å². The minimum atomic E-state index is -5.88. The number of alkyl halides is 6. The molecule has 0 fully saturated rings. The van der Waals surface area contributed by atoms with Crippen LogP contribution >= 0.6 is 0 Å². The topological polar surface area (TPSA) is 113 Å². The summed E-state index contributed by atoms with van der Waals surface area (Å²) in [7, 11) is -4.08. The average molecular weight is 426 g/mol. The predicted molar refractivity (Wildman–Crippen MR) is 85.4 cm³/mol. The molecular weight excluding hydrogens is 414 g/mol. The van der Waals surface area contributed by atoms with E-state index in [2.05, 4.69) is 0 Å². The normalized spacial score (nSPS) is 18.0. The summed E-state index contributed by atoms with van der Waals surface area (Å²) >= 11 is 0. The van der Waals surface area contributed by atoms with Gasteiger partial charge in [0.25, 0.3) is 0 Å². The lowest BCUT2D eigenvalue weighted by Gasteiger charge is -2.41. The number of halogens is 6. The van der Waals surface area contributed by atoms with E-state index in [1.807, 2.05) is 0 Å². The molecule has 1 heterocycles. The van der Waals surface area contributed by atoms with Gasteiger partial charge in [-0.25, -0.2) is 13.6 Å². The molecule has 1 aliphatic heterocycles. The van der Waals surface area contributed by atoms with Crippen LogP contribution in [0.4, 0.5) is 32.0 Å². The third kappa shape index (κ3) is 3.18. The van der Waals surface area contributed by atoms with Gasteiger partial charge in [0, 0.05) is 11.4 Å². The summed E-state index contributed by atoms with van der Waals surface area (Å²) in [4.78, 5) is 0.444. The van der Waals surface area contributed by atoms with Gasteiger partial charge >= 0.3 is 12.4 Å². The molecule has 0 bridgehead atoms. The molecule has 0 aromatic heterocycles. The lowest BCUT2D eigenvalue weighted by Crippen LogP contribution is -2.54. The second-order valence-corrected chi connectivity index (χ2v) is 7.40. The summed E-state index contributed by atoms with van der Waals surface area (Å²) in [6, 6.07) is 5.06. The molecule has 6 nitrogen and oxygen atoms in total. The van der Waals surface area contributed by atoms with Crippen LogP contribution in [0.1, 0.15) is 6.92 Å². The molecule has 28 heavy (non-hydrogen) atoms. The van der Waals surface area contributed by atoms with Gasteiger partial charge < -0.3 is 10.6 Å². The Morgan fingerprint density at radius 3 is 1.89 bits per heavy atom. The Bertz CT molecular complexity index is 987. The first-order valence-electron chi connectivity index (χ1n) is 7.24. The highest BCUT2D eigenvalue weighted by atomic mass is 32.2. The lowest BCUT2D eigenvalue weighted by molar-refractivity contribution is -0.306. The quantitative estimate of drug-likeness (QED) is 0.706. The fourth-order valence-electron chi connectivity index (χ4n) is 2.83. The monoisotopic (exact) mass is 426 g/mol. The van der Waals surface area contributed by atoms with Crippen LogP contribution in [0, 0.1) is 16.7 Å². The molecule has 4 N–H and O–H groups in total. The van der Waals surface area contributed by atoms with Gasteiger partial charge in [0.05, 0.1) is 10.5 Å². The average Bonchev–Trinajstić information content (AvgIpc) is 2.51. The third-order valence-corrected chi connectivity index (χ3v) is 5.03. The van der Waals surface area contributed by atoms with Crippen molar-refractivity contribution in [3.8, 4) is 6.07 Å². The van der Waals surface area contributed by atoms with Gasteiger partial charge in [-0.2, -0.15) is 31.6 Å². The first-order chi connectivity index (χ1) is 12.6. The molecule has 0 atom stereocenters. The first-order valence-corrected chi connectivity index (χ1v) is 8.79. The van der Waals surface area contributed by atoms with Crippen molar-refractivity contribution in [3.05, 3.63) is 47.4 Å². The molecule has 1 aromatic carbocycles. The molecule has 2 rings (SSSR count). The summed E-state index contributed by atoms with van der Waals surface area (Å²) in [5.74, 6) is -1.08. The Hall–Kier alpha value is -2.72. The Labute approximate surface area is 155 Å². The molecule has 0 radical (unpaired) electrons. The minimum Gasteiger partial charge on any atom is -0.384 e. The van der Waals surface area contributed by atoms with E-state index in [4.69, 9.17) is 16.1 Å². The van der Waals surface area contributed by atoms with Gasteiger partial charge in [-0.15, -0.1) is 0 Å². The van der Waals surface area contributed by atoms with Gasteiger partial charge in [0.2, 0.25) is 15.4 Å². The molecule has 0 saturated heterocycles. The second kappa shape index (κ2) is 6.42. The Morgan fingerprint density at radius 1 is 1.07 bits per heavy atom. The fraction of sp³-hybridized carbons (Fsp3) is 0.267. The van der Waals surface area contributed by atoms with Gasteiger partial charge in [0.15, 0.2) is 0 Å². The van der Waals surface area contributed by atoms with Crippen LogP contribution in [0.5, 0.6) is 0 Å². The van der Waals surface area contributed by atoms with Crippen LogP contribution in [0.3, 0.4) is 0 Å². The molecule has 1 aromatic rings. The summed E-state index contributed by atoms with van der Waals surface area (Å²) in [6.45, 7) is 0.945. The largest absolute Gasteiger partial charge is 0.411 e. The predicted octanol–water partition coefficient (Wildman–Crippen LogP) is 2.86. The van der Waals surface area contributed by atoms with Gasteiger partial charge in [-0.05, 0) is 37.3 Å². The first kappa shape index (κ1) is 21.6. The molecule has 0 aliphatic carbocycles. The smallest absolute Gasteiger partial charge is 0.384 e. The van der Waals surface area contributed by atoms with E-state index in [1.54, 1.807) is 0 Å². The standard InChI is InChI=1S/C15H12F6N4O2S/c1-8-6-13(14(16,17)18,15(19,20)21)11(7-22)12(23)25(8)9-2-4-10(5-3-9)28(24,26)27/h2-6H,23H2,1H3,(H2,24,26,27). The molecule has 152 valence electrons. The maximum atomic E-state index is 13.5. The zero-order valence-corrected chi connectivity index (χ0v) is 14.7. The van der Waals surface area contributed by atoms with Crippen LogP contribution < -0.4 is 15.8 Å². The number of sulfonamides is 1. The summed E-state index contributed by atoms with van der Waals surface area (Å²) < 4.78 is 103. The van der Waals surface area contributed by atoms with Crippen molar-refractivity contribution in [1.82, 2.24) is 0 Å². The number of rotatable bonds is 2. The van der Waals surface area contributed by atoms with E-state index >= 15 is 0 Å². The van der Waals surface area contributed by atoms with Gasteiger partial charge in [0.1, 0.15) is 11.9 Å². The zero-order valence-electron chi connectivity index (χ0n) is 13.9. The Morgan fingerprint density at radius 2 is 1.54 bits per heavy atom. The SMILES string of the molecule is CC1=CC(C(F)(F)F)(C(F)(F)F)C(C#N)=C(N)N1c1ccc(S(N)(=O)=O)cc1. The molecule has 0 spiro atoms. The van der Waals surface area contributed by atoms with Crippen molar-refractivity contribution >= 4 is 15.7 Å². The minimum absolute atomic E-state index is 0.0654. The fourth-order valence-corrected chi connectivity index (χ4v) is 3.35. The van der Waals surface area contributed by atoms with Gasteiger partial charge in [-0.3, -0.25) is 0 Å². The Kier molecular flexibility index (Phi) is 4.95. The van der Waals surface area contributed by atoms with Crippen LogP contribution in [0.15, 0.2) is 52.3 Å². The molecule has 1 aliphatic rings. The number of nitriles is 1. The van der Waals surface area contributed by atoms with E-state index in [9.17, 15) is 34.8 Å². The van der Waals surface area contributed by atoms with Crippen LogP contribution in [-0.2, 0) is 10.0 Å². The second-order valence-electron chi connectivity index (χ2n) is 5.84. The number of nitrogens with two attached hydrogens (primary N) is 2. The highest BCUT2D eigenvalue weighted by Gasteiger charge is 2.73. The van der Waals surface area contributed by atoms with E-state index < -0.39 is 44.9 Å². The molecular formula is C15H12F6N4O2S. The van der Waals surface area contributed by atoms with Crippen molar-refractivity contribution in [2.24, 2.45) is 16.3 Å². The molecule has 0 saturated carbocycles. The number of benzene rings is 1. The third-order valence-electron chi connectivity index (χ3n) is 4.10. The number of primary sulfonamides is 1. The molecule has 0 amide bonds. The van der Waals surface area contributed by atoms with E-state index in [1.165, 1.54) is 0 Å². The summed E-state index contributed by atoms with van der Waals surface area (Å²) in [5.41, 5.74) is -1.39. The number of allylic oxidation sites excluding steroid dienone is 3. The maximum absolute atomic E-state index is 13.5. The van der Waals surface area contributed by atoms with Gasteiger partial charge in [-0.1, -0.05) is 0 Å². The number of hydrogen-bond donors (Lipinski definition) is 2. The van der Waals surface area contributed by atoms with Crippen LogP contribution in [-0.4, -0.2) is 20.8 Å². The zero-order chi connectivity index (χ0) is 21.7. The van der Waals surface area contributed by atoms with Crippen molar-refractivity contribution in [1.29, 1.82) is 5.26 Å². The summed E-state index contributed by atoms with van der Waals surface area (Å²) in [6.07, 6.45) is -11.9. The Balaban J connectivity index is 2.74. The van der Waals surface area contributed by atoms with E-state index in [0.29, 0.717) is 0 Å². The number of nitrogens with zero attached hydrogens (tertiary/aromatic N) is 2. The molecule has 0 unspecified atom stereocenters. The van der Waals surface area contributed by atoms with Crippen LogP contribution in [0.2, 0.25) is 0 Å². The lowest BCUT2D eigenvalue weighted by atomic mass is 9.75. The maximum Gasteiger partial charge on any atom is 0.411 e. The highest BCUT2D eigenvalue weighted by molar-refractivity contribution is 7.89. The highest BCUT2D eigenvalue weighted by Crippen LogP contribution is 2.58. The number of hydrogen-bond acceptors (Lipinski definition) is 5. The molecule has 13 heteroatoms. The van der Waals surface area contributed by atoms with Crippen molar-refractivity contribution in [3.63, 3.8) is 0 Å². The number of anilines is 1. The van der Waals surface area contributed by atoms with Crippen LogP contribution in [0.25, 0.3) is 0 Å².